The summed E-state index contributed by atoms with van der Waals surface area (Å²) in [5, 5.41) is 2.13. The van der Waals surface area contributed by atoms with Crippen LogP contribution in [0, 0.1) is 0 Å². The van der Waals surface area contributed by atoms with E-state index in [0.29, 0.717) is 17.0 Å². The van der Waals surface area contributed by atoms with Crippen molar-refractivity contribution >= 4 is 33.9 Å². The van der Waals surface area contributed by atoms with Crippen molar-refractivity contribution in [2.45, 2.75) is 31.2 Å². The Morgan fingerprint density at radius 1 is 0.682 bits per heavy atom. The van der Waals surface area contributed by atoms with E-state index in [4.69, 9.17) is 17.2 Å². The van der Waals surface area contributed by atoms with E-state index in [2.05, 4.69) is 113 Å². The monoisotopic (exact) mass is 594 g/mol. The molecule has 0 aliphatic heterocycles. The minimum atomic E-state index is -0.566. The van der Waals surface area contributed by atoms with E-state index in [9.17, 15) is 4.79 Å². The van der Waals surface area contributed by atoms with Crippen LogP contribution in [0.3, 0.4) is 0 Å². The third kappa shape index (κ3) is 6.17. The standard InChI is InChI=1S/C38H34N4OS/c43-37(31-25-24-29-14-10-11-15-30(29)26-31)41-40-36(44)23-13-12-22-35-27-42(28-39-35)38(32-16-4-1-5-17-32,33-18-6-2-7-19-33)34-20-8-3-9-21-34/h1-11,14-21,24-28H,12-13,22-23H2,(H,40,44)(H,41,43). The number of unbranched alkanes of at least 4 members (excludes halogenated alkanes) is 1. The van der Waals surface area contributed by atoms with E-state index in [1.54, 1.807) is 0 Å². The molecule has 5 aromatic carbocycles. The van der Waals surface area contributed by atoms with Crippen LogP contribution in [0.15, 0.2) is 146 Å². The second-order valence-electron chi connectivity index (χ2n) is 10.9. The Labute approximate surface area is 263 Å². The summed E-state index contributed by atoms with van der Waals surface area (Å²) < 4.78 is 2.25. The Kier molecular flexibility index (Phi) is 8.90. The van der Waals surface area contributed by atoms with Gasteiger partial charge in [0.25, 0.3) is 5.91 Å². The number of carbonyl (C=O) groups is 1. The van der Waals surface area contributed by atoms with E-state index in [0.717, 1.165) is 35.7 Å². The summed E-state index contributed by atoms with van der Waals surface area (Å²) in [6.45, 7) is 0. The first-order valence-corrected chi connectivity index (χ1v) is 15.3. The summed E-state index contributed by atoms with van der Waals surface area (Å²) in [7, 11) is 0. The SMILES string of the molecule is O=C(NNC(=S)CCCCc1cn(C(c2ccccc2)(c2ccccc2)c2ccccc2)cn1)c1ccc2ccccc2c1. The number of carbonyl (C=O) groups excluding carboxylic acids is 1. The van der Waals surface area contributed by atoms with Gasteiger partial charge in [-0.05, 0) is 65.3 Å². The first kappa shape index (κ1) is 29.0. The van der Waals surface area contributed by atoms with Crippen molar-refractivity contribution in [1.82, 2.24) is 20.4 Å². The third-order valence-electron chi connectivity index (χ3n) is 8.01. The number of benzene rings is 5. The molecule has 0 saturated carbocycles. The Morgan fingerprint density at radius 2 is 1.25 bits per heavy atom. The first-order chi connectivity index (χ1) is 21.6. The largest absolute Gasteiger partial charge is 0.319 e. The lowest BCUT2D eigenvalue weighted by molar-refractivity contribution is 0.0944. The Balaban J connectivity index is 1.10. The zero-order chi connectivity index (χ0) is 30.2. The second kappa shape index (κ2) is 13.5. The number of fused-ring (bicyclic) bond motifs is 1. The van der Waals surface area contributed by atoms with Crippen molar-refractivity contribution < 1.29 is 4.79 Å². The summed E-state index contributed by atoms with van der Waals surface area (Å²) in [6.07, 6.45) is 7.44. The van der Waals surface area contributed by atoms with Gasteiger partial charge in [0.1, 0.15) is 5.54 Å². The maximum Gasteiger partial charge on any atom is 0.269 e. The summed E-state index contributed by atoms with van der Waals surface area (Å²) in [5.41, 5.74) is 10.2. The molecule has 2 N–H and O–H groups in total. The molecule has 0 aliphatic rings. The Hall–Kier alpha value is -5.07. The molecule has 6 aromatic rings. The van der Waals surface area contributed by atoms with E-state index in [-0.39, 0.29) is 5.91 Å². The molecular formula is C38H34N4OS. The molecule has 0 aliphatic carbocycles. The average molecular weight is 595 g/mol. The molecule has 0 saturated heterocycles. The highest BCUT2D eigenvalue weighted by atomic mass is 32.1. The van der Waals surface area contributed by atoms with Crippen LogP contribution in [0.5, 0.6) is 0 Å². The maximum absolute atomic E-state index is 12.7. The number of nitrogens with zero attached hydrogens (tertiary/aromatic N) is 2. The number of hydrogen-bond acceptors (Lipinski definition) is 3. The predicted octanol–water partition coefficient (Wildman–Crippen LogP) is 7.85. The zero-order valence-corrected chi connectivity index (χ0v) is 25.2. The molecule has 6 heteroatoms. The van der Waals surface area contributed by atoms with Crippen LogP contribution in [0.4, 0.5) is 0 Å². The van der Waals surface area contributed by atoms with Crippen molar-refractivity contribution in [2.75, 3.05) is 0 Å². The lowest BCUT2D eigenvalue weighted by atomic mass is 9.77. The Morgan fingerprint density at radius 3 is 1.86 bits per heavy atom. The van der Waals surface area contributed by atoms with Gasteiger partial charge in [-0.1, -0.05) is 134 Å². The zero-order valence-electron chi connectivity index (χ0n) is 24.4. The molecule has 1 aromatic heterocycles. The first-order valence-electron chi connectivity index (χ1n) is 14.9. The van der Waals surface area contributed by atoms with Crippen molar-refractivity contribution in [2.24, 2.45) is 0 Å². The second-order valence-corrected chi connectivity index (χ2v) is 11.3. The molecule has 0 atom stereocenters. The molecule has 6 rings (SSSR count). The smallest absolute Gasteiger partial charge is 0.269 e. The number of rotatable bonds is 10. The summed E-state index contributed by atoms with van der Waals surface area (Å²) >= 11 is 5.50. The predicted molar refractivity (Wildman–Crippen MR) is 182 cm³/mol. The van der Waals surface area contributed by atoms with Gasteiger partial charge in [0.2, 0.25) is 0 Å². The fourth-order valence-corrected chi connectivity index (χ4v) is 6.04. The quantitative estimate of drug-likeness (QED) is 0.0734. The van der Waals surface area contributed by atoms with E-state index in [1.807, 2.05) is 48.8 Å². The number of hydrogen-bond donors (Lipinski definition) is 2. The molecule has 0 fully saturated rings. The number of aryl methyl sites for hydroxylation is 1. The van der Waals surface area contributed by atoms with Crippen LogP contribution < -0.4 is 10.9 Å². The van der Waals surface area contributed by atoms with Gasteiger partial charge >= 0.3 is 0 Å². The molecule has 1 heterocycles. The van der Waals surface area contributed by atoms with Gasteiger partial charge < -0.3 is 4.57 Å². The van der Waals surface area contributed by atoms with Crippen molar-refractivity contribution in [3.8, 4) is 0 Å². The van der Waals surface area contributed by atoms with Crippen LogP contribution in [0.1, 0.15) is 52.0 Å². The number of aromatic nitrogens is 2. The molecule has 5 nitrogen and oxygen atoms in total. The van der Waals surface area contributed by atoms with Gasteiger partial charge in [0, 0.05) is 11.8 Å². The fourth-order valence-electron chi connectivity index (χ4n) is 5.84. The van der Waals surface area contributed by atoms with Crippen molar-refractivity contribution in [3.63, 3.8) is 0 Å². The molecule has 0 unspecified atom stereocenters. The molecule has 218 valence electrons. The Bertz CT molecular complexity index is 1760. The average Bonchev–Trinajstić information content (AvgIpc) is 3.56. The van der Waals surface area contributed by atoms with Gasteiger partial charge in [-0.3, -0.25) is 15.6 Å². The molecular weight excluding hydrogens is 561 g/mol. The highest BCUT2D eigenvalue weighted by Gasteiger charge is 2.38. The van der Waals surface area contributed by atoms with Gasteiger partial charge in [-0.2, -0.15) is 0 Å². The van der Waals surface area contributed by atoms with Gasteiger partial charge in [0.05, 0.1) is 17.0 Å². The lowest BCUT2D eigenvalue weighted by Crippen LogP contribution is -2.40. The fraction of sp³-hybridized carbons (Fsp3) is 0.132. The number of imidazole rings is 1. The van der Waals surface area contributed by atoms with Crippen LogP contribution in [-0.2, 0) is 12.0 Å². The van der Waals surface area contributed by atoms with Crippen molar-refractivity contribution in [3.05, 3.63) is 174 Å². The van der Waals surface area contributed by atoms with E-state index in [1.165, 1.54) is 16.7 Å². The highest BCUT2D eigenvalue weighted by molar-refractivity contribution is 7.80. The third-order valence-corrected chi connectivity index (χ3v) is 8.32. The molecule has 44 heavy (non-hydrogen) atoms. The van der Waals surface area contributed by atoms with Crippen LogP contribution in [-0.4, -0.2) is 20.4 Å². The molecule has 0 bridgehead atoms. The maximum atomic E-state index is 12.7. The number of amides is 1. The molecule has 0 radical (unpaired) electrons. The molecule has 1 amide bonds. The van der Waals surface area contributed by atoms with Gasteiger partial charge in [-0.15, -0.1) is 0 Å². The molecule has 0 spiro atoms. The summed E-state index contributed by atoms with van der Waals surface area (Å²) in [5.74, 6) is -0.206. The van der Waals surface area contributed by atoms with Crippen LogP contribution in [0.25, 0.3) is 10.8 Å². The van der Waals surface area contributed by atoms with Crippen LogP contribution >= 0.6 is 12.2 Å². The minimum absolute atomic E-state index is 0.206. The number of thiocarbonyl (C=S) groups is 1. The van der Waals surface area contributed by atoms with Gasteiger partial charge in [-0.25, -0.2) is 4.98 Å². The lowest BCUT2D eigenvalue weighted by Gasteiger charge is -2.37. The minimum Gasteiger partial charge on any atom is -0.319 e. The number of hydrazine groups is 1. The normalized spacial score (nSPS) is 11.3. The summed E-state index contributed by atoms with van der Waals surface area (Å²) in [4.78, 5) is 18.1. The number of nitrogens with one attached hydrogen (secondary N) is 2. The van der Waals surface area contributed by atoms with Crippen LogP contribution in [0.2, 0.25) is 0 Å². The van der Waals surface area contributed by atoms with E-state index < -0.39 is 5.54 Å². The van der Waals surface area contributed by atoms with Crippen molar-refractivity contribution in [1.29, 1.82) is 0 Å². The van der Waals surface area contributed by atoms with E-state index >= 15 is 0 Å². The topological polar surface area (TPSA) is 59.0 Å². The highest BCUT2D eigenvalue weighted by Crippen LogP contribution is 2.40. The van der Waals surface area contributed by atoms with Gasteiger partial charge in [0.15, 0.2) is 0 Å². The summed E-state index contributed by atoms with van der Waals surface area (Å²) in [6, 6.07) is 45.5.